The second-order valence-electron chi connectivity index (χ2n) is 4.36. The van der Waals surface area contributed by atoms with Gasteiger partial charge >= 0.3 is 5.97 Å². The highest BCUT2D eigenvalue weighted by atomic mass is 16.4. The van der Waals surface area contributed by atoms with E-state index in [0.717, 1.165) is 0 Å². The predicted octanol–water partition coefficient (Wildman–Crippen LogP) is -0.242. The third-order valence-corrected chi connectivity index (χ3v) is 2.70. The Kier molecular flexibility index (Phi) is 6.90. The Bertz CT molecular complexity index is 489. The van der Waals surface area contributed by atoms with Crippen molar-refractivity contribution in [1.29, 1.82) is 0 Å². The van der Waals surface area contributed by atoms with E-state index in [1.165, 1.54) is 0 Å². The molecule has 1 atom stereocenters. The summed E-state index contributed by atoms with van der Waals surface area (Å²) in [5, 5.41) is 22.5. The lowest BCUT2D eigenvalue weighted by molar-refractivity contribution is -0.147. The van der Waals surface area contributed by atoms with Gasteiger partial charge in [-0.3, -0.25) is 9.59 Å². The second-order valence-corrected chi connectivity index (χ2v) is 4.36. The van der Waals surface area contributed by atoms with Gasteiger partial charge in [-0.1, -0.05) is 18.2 Å². The maximum atomic E-state index is 11.7. The minimum atomic E-state index is -1.48. The highest BCUT2D eigenvalue weighted by Gasteiger charge is 2.12. The highest BCUT2D eigenvalue weighted by Crippen LogP contribution is 1.97. The number of aliphatic hydroxyl groups excluding tert-OH is 1. The van der Waals surface area contributed by atoms with E-state index in [1.807, 2.05) is 0 Å². The summed E-state index contributed by atoms with van der Waals surface area (Å²) in [6.45, 7) is 0.250. The first kappa shape index (κ1) is 16.6. The Hall–Kier alpha value is -2.41. The molecule has 1 aromatic carbocycles. The van der Waals surface area contributed by atoms with Crippen molar-refractivity contribution in [2.75, 3.05) is 13.1 Å². The lowest BCUT2D eigenvalue weighted by Crippen LogP contribution is -2.33. The normalized spacial score (nSPS) is 11.5. The van der Waals surface area contributed by atoms with E-state index in [0.29, 0.717) is 5.56 Å². The molecule has 21 heavy (non-hydrogen) atoms. The molecule has 7 heteroatoms. The summed E-state index contributed by atoms with van der Waals surface area (Å²) in [5.41, 5.74) is 0.516. The molecule has 0 heterocycles. The van der Waals surface area contributed by atoms with Crippen LogP contribution in [0.2, 0.25) is 0 Å². The van der Waals surface area contributed by atoms with Crippen LogP contribution in [0, 0.1) is 0 Å². The predicted molar refractivity (Wildman–Crippen MR) is 74.7 cm³/mol. The molecule has 2 amide bonds. The number of nitrogens with one attached hydrogen (secondary N) is 2. The van der Waals surface area contributed by atoms with Crippen LogP contribution in [-0.2, 0) is 9.59 Å². The lowest BCUT2D eigenvalue weighted by atomic mass is 10.2. The van der Waals surface area contributed by atoms with Crippen LogP contribution in [-0.4, -0.2) is 47.2 Å². The number of hydrogen-bond acceptors (Lipinski definition) is 4. The monoisotopic (exact) mass is 294 g/mol. The zero-order chi connectivity index (χ0) is 15.7. The standard InChI is InChI=1S/C14H18N2O5/c17-11(14(20)21)6-8-15-12(18)7-9-16-13(19)10-4-2-1-3-5-10/h1-5,11,17H,6-9H2,(H,15,18)(H,16,19)(H,20,21). The number of aliphatic carboxylic acids is 1. The Morgan fingerprint density at radius 2 is 1.71 bits per heavy atom. The number of carboxylic acid groups (broad SMARTS) is 1. The van der Waals surface area contributed by atoms with Crippen molar-refractivity contribution in [3.8, 4) is 0 Å². The third-order valence-electron chi connectivity index (χ3n) is 2.70. The smallest absolute Gasteiger partial charge is 0.332 e. The number of carbonyl (C=O) groups is 3. The van der Waals surface area contributed by atoms with Gasteiger partial charge < -0.3 is 20.8 Å². The van der Waals surface area contributed by atoms with Gasteiger partial charge in [-0.25, -0.2) is 4.79 Å². The molecule has 0 saturated heterocycles. The molecule has 0 bridgehead atoms. The molecule has 0 fully saturated rings. The van der Waals surface area contributed by atoms with Crippen molar-refractivity contribution < 1.29 is 24.6 Å². The van der Waals surface area contributed by atoms with Crippen LogP contribution in [0.4, 0.5) is 0 Å². The first-order valence-electron chi connectivity index (χ1n) is 6.51. The zero-order valence-corrected chi connectivity index (χ0v) is 11.4. The Balaban J connectivity index is 2.16. The van der Waals surface area contributed by atoms with Crippen LogP contribution in [0.25, 0.3) is 0 Å². The minimum absolute atomic E-state index is 0.0581. The average Bonchev–Trinajstić information content (AvgIpc) is 2.47. The molecule has 1 unspecified atom stereocenters. The second kappa shape index (κ2) is 8.70. The van der Waals surface area contributed by atoms with Crippen LogP contribution in [0.1, 0.15) is 23.2 Å². The van der Waals surface area contributed by atoms with E-state index in [1.54, 1.807) is 30.3 Å². The highest BCUT2D eigenvalue weighted by molar-refractivity contribution is 5.94. The van der Waals surface area contributed by atoms with E-state index >= 15 is 0 Å². The zero-order valence-electron chi connectivity index (χ0n) is 11.4. The Labute approximate surface area is 122 Å². The first-order valence-corrected chi connectivity index (χ1v) is 6.51. The van der Waals surface area contributed by atoms with Crippen molar-refractivity contribution in [3.63, 3.8) is 0 Å². The molecule has 0 aliphatic carbocycles. The Morgan fingerprint density at radius 3 is 2.33 bits per heavy atom. The number of rotatable bonds is 8. The molecule has 1 rings (SSSR count). The van der Waals surface area contributed by atoms with Gasteiger partial charge in [0.25, 0.3) is 5.91 Å². The van der Waals surface area contributed by atoms with Gasteiger partial charge in [0.05, 0.1) is 0 Å². The molecule has 114 valence electrons. The van der Waals surface area contributed by atoms with Gasteiger partial charge in [0.2, 0.25) is 5.91 Å². The fourth-order valence-electron chi connectivity index (χ4n) is 1.54. The van der Waals surface area contributed by atoms with Gasteiger partial charge in [-0.05, 0) is 12.1 Å². The third kappa shape index (κ3) is 6.53. The molecule has 0 saturated carbocycles. The van der Waals surface area contributed by atoms with E-state index in [4.69, 9.17) is 10.2 Å². The number of carboxylic acids is 1. The van der Waals surface area contributed by atoms with Crippen molar-refractivity contribution >= 4 is 17.8 Å². The minimum Gasteiger partial charge on any atom is -0.479 e. The summed E-state index contributed by atoms with van der Waals surface area (Å²) < 4.78 is 0. The van der Waals surface area contributed by atoms with Crippen LogP contribution < -0.4 is 10.6 Å². The van der Waals surface area contributed by atoms with Crippen LogP contribution in [0.15, 0.2) is 30.3 Å². The largest absolute Gasteiger partial charge is 0.479 e. The average molecular weight is 294 g/mol. The first-order chi connectivity index (χ1) is 10.0. The topological polar surface area (TPSA) is 116 Å². The molecule has 0 aliphatic rings. The quantitative estimate of drug-likeness (QED) is 0.528. The fraction of sp³-hybridized carbons (Fsp3) is 0.357. The summed E-state index contributed by atoms with van der Waals surface area (Å²) >= 11 is 0. The molecule has 7 nitrogen and oxygen atoms in total. The molecular formula is C14H18N2O5. The van der Waals surface area contributed by atoms with E-state index in [-0.39, 0.29) is 37.7 Å². The summed E-state index contributed by atoms with van der Waals surface area (Å²) in [4.78, 5) is 33.4. The Morgan fingerprint density at radius 1 is 1.05 bits per heavy atom. The van der Waals surface area contributed by atoms with Gasteiger partial charge in [0.1, 0.15) is 0 Å². The van der Waals surface area contributed by atoms with Crippen LogP contribution in [0.3, 0.4) is 0 Å². The maximum absolute atomic E-state index is 11.7. The lowest BCUT2D eigenvalue weighted by Gasteiger charge is -2.08. The van der Waals surface area contributed by atoms with Gasteiger partial charge in [0, 0.05) is 31.5 Å². The number of carbonyl (C=O) groups excluding carboxylic acids is 2. The number of amides is 2. The van der Waals surface area contributed by atoms with Crippen LogP contribution >= 0.6 is 0 Å². The number of hydrogen-bond donors (Lipinski definition) is 4. The fourth-order valence-corrected chi connectivity index (χ4v) is 1.54. The summed E-state index contributed by atoms with van der Waals surface area (Å²) in [5.74, 6) is -1.90. The molecule has 0 aliphatic heterocycles. The van der Waals surface area contributed by atoms with Gasteiger partial charge in [-0.2, -0.15) is 0 Å². The maximum Gasteiger partial charge on any atom is 0.332 e. The van der Waals surface area contributed by atoms with Crippen molar-refractivity contribution in [3.05, 3.63) is 35.9 Å². The number of aliphatic hydroxyl groups is 1. The summed E-state index contributed by atoms with van der Waals surface area (Å²) in [7, 11) is 0. The van der Waals surface area contributed by atoms with E-state index in [9.17, 15) is 14.4 Å². The van der Waals surface area contributed by atoms with Crippen molar-refractivity contribution in [2.24, 2.45) is 0 Å². The van der Waals surface area contributed by atoms with Gasteiger partial charge in [-0.15, -0.1) is 0 Å². The van der Waals surface area contributed by atoms with E-state index in [2.05, 4.69) is 10.6 Å². The van der Waals surface area contributed by atoms with Crippen molar-refractivity contribution in [1.82, 2.24) is 10.6 Å². The number of benzene rings is 1. The summed E-state index contributed by atoms with van der Waals surface area (Å²) in [6.07, 6.45) is -1.46. The molecule has 0 aromatic heterocycles. The molecule has 0 radical (unpaired) electrons. The molecular weight excluding hydrogens is 276 g/mol. The molecule has 4 N–H and O–H groups in total. The summed E-state index contributed by atoms with van der Waals surface area (Å²) in [6, 6.07) is 8.63. The van der Waals surface area contributed by atoms with Crippen molar-refractivity contribution in [2.45, 2.75) is 18.9 Å². The van der Waals surface area contributed by atoms with Crippen LogP contribution in [0.5, 0.6) is 0 Å². The van der Waals surface area contributed by atoms with E-state index < -0.39 is 12.1 Å². The molecule has 0 spiro atoms. The van der Waals surface area contributed by atoms with Gasteiger partial charge in [0.15, 0.2) is 6.10 Å². The molecule has 1 aromatic rings. The SMILES string of the molecule is O=C(CCNC(=O)c1ccccc1)NCCC(O)C(=O)O.